The van der Waals surface area contributed by atoms with Gasteiger partial charge in [-0.3, -0.25) is 0 Å². The van der Waals surface area contributed by atoms with Crippen LogP contribution in [0.1, 0.15) is 0 Å². The molecule has 0 atom stereocenters. The van der Waals surface area contributed by atoms with Gasteiger partial charge in [-0.25, -0.2) is 0 Å². The molecule has 0 saturated heterocycles. The molecule has 0 aromatic heterocycles. The van der Waals surface area contributed by atoms with E-state index >= 15 is 0 Å². The molecule has 0 spiro atoms. The number of hydrogen-bond acceptors (Lipinski definition) is 0. The van der Waals surface area contributed by atoms with E-state index in [1.54, 1.807) is 0 Å². The van der Waals surface area contributed by atoms with Crippen molar-refractivity contribution in [3.05, 3.63) is 0 Å². The van der Waals surface area contributed by atoms with Crippen molar-refractivity contribution >= 4 is 37.6 Å². The van der Waals surface area contributed by atoms with Crippen molar-refractivity contribution in [3.8, 4) is 0 Å². The second-order valence-electron chi connectivity index (χ2n) is 0.0431. The van der Waals surface area contributed by atoms with Gasteiger partial charge in [-0.2, -0.15) is 0 Å². The first kappa shape index (κ1) is 9.16. The van der Waals surface area contributed by atoms with Crippen molar-refractivity contribution in [3.63, 3.8) is 0 Å². The molecule has 0 N–H and O–H groups in total. The summed E-state index contributed by atoms with van der Waals surface area (Å²) in [6.07, 6.45) is 0. The summed E-state index contributed by atoms with van der Waals surface area (Å²) in [5, 5.41) is 0. The number of rotatable bonds is 0. The molecular formula is H3AlCl2Cu. The summed E-state index contributed by atoms with van der Waals surface area (Å²) >= 11 is 0.757. The number of hydrogen-bond donors (Lipinski definition) is 0. The van der Waals surface area contributed by atoms with Crippen LogP contribution in [0.3, 0.4) is 0 Å². The van der Waals surface area contributed by atoms with Crippen LogP contribution in [0.4, 0.5) is 0 Å². The molecule has 0 saturated carbocycles. The van der Waals surface area contributed by atoms with E-state index in [4.69, 9.17) is 0 Å². The van der Waals surface area contributed by atoms with Gasteiger partial charge in [-0.15, -0.1) is 0 Å². The quantitative estimate of drug-likeness (QED) is 0.449. The summed E-state index contributed by atoms with van der Waals surface area (Å²) < 4.78 is 0. The molecule has 0 bridgehead atoms. The van der Waals surface area contributed by atoms with Crippen LogP contribution in [0.25, 0.3) is 0 Å². The summed E-state index contributed by atoms with van der Waals surface area (Å²) in [6.45, 7) is 0. The molecule has 0 unspecified atom stereocenters. The summed E-state index contributed by atoms with van der Waals surface area (Å²) in [7, 11) is 9.34. The Kier molecular flexibility index (Phi) is 20.2. The third-order valence-corrected chi connectivity index (χ3v) is 0. The van der Waals surface area contributed by atoms with E-state index in [2.05, 4.69) is 20.2 Å². The molecule has 0 rings (SSSR count). The molecule has 0 fully saturated rings. The average molecular weight is 164 g/mol. The third-order valence-electron chi connectivity index (χ3n) is 0. The van der Waals surface area contributed by atoms with Crippen molar-refractivity contribution in [1.82, 2.24) is 0 Å². The standard InChI is InChI=1S/Al.2ClH.Cu.3H/h;2*1H;;;;/q;;;+2;;;/p-2. The predicted molar refractivity (Wildman–Crippen MR) is 21.6 cm³/mol. The molecule has 0 radical (unpaired) electrons. The van der Waals surface area contributed by atoms with Crippen LogP contribution in [0.15, 0.2) is 0 Å². The van der Waals surface area contributed by atoms with Gasteiger partial charge < -0.3 is 0 Å². The van der Waals surface area contributed by atoms with Crippen molar-refractivity contribution in [2.75, 3.05) is 0 Å². The third kappa shape index (κ3) is 9.45. The van der Waals surface area contributed by atoms with Crippen LogP contribution >= 0.6 is 20.2 Å². The molecule has 0 aliphatic carbocycles. The van der Waals surface area contributed by atoms with Gasteiger partial charge >= 0.3 is 33.3 Å². The van der Waals surface area contributed by atoms with Crippen molar-refractivity contribution < 1.29 is 13.1 Å². The van der Waals surface area contributed by atoms with E-state index < -0.39 is 0 Å². The van der Waals surface area contributed by atoms with Crippen LogP contribution < -0.4 is 0 Å². The molecule has 0 aromatic carbocycles. The van der Waals surface area contributed by atoms with Crippen molar-refractivity contribution in [2.45, 2.75) is 0 Å². The Morgan fingerprint density at radius 2 is 1.25 bits per heavy atom. The van der Waals surface area contributed by atoms with Gasteiger partial charge in [-0.1, -0.05) is 0 Å². The fourth-order valence-corrected chi connectivity index (χ4v) is 0. The minimum absolute atomic E-state index is 0. The van der Waals surface area contributed by atoms with Crippen LogP contribution in [-0.4, -0.2) is 17.4 Å². The summed E-state index contributed by atoms with van der Waals surface area (Å²) in [5.74, 6) is 0. The van der Waals surface area contributed by atoms with Crippen LogP contribution in [0.2, 0.25) is 0 Å². The molecule has 31 valence electrons. The zero-order valence-electron chi connectivity index (χ0n) is 1.06. The normalized spacial score (nSPS) is 5.50. The van der Waals surface area contributed by atoms with Gasteiger partial charge in [0.2, 0.25) is 0 Å². The first-order valence-corrected chi connectivity index (χ1v) is 2.82. The molecule has 0 aromatic rings. The monoisotopic (exact) mass is 163 g/mol. The van der Waals surface area contributed by atoms with Gasteiger partial charge in [0.05, 0.1) is 0 Å². The molecule has 0 amide bonds. The molecular weight excluding hydrogens is 161 g/mol. The SMILES string of the molecule is [AlH3].[Cl][Cu][Cl]. The van der Waals surface area contributed by atoms with Crippen LogP contribution in [-0.2, 0) is 13.1 Å². The number of halogens is 2. The molecule has 0 aliphatic rings. The fourth-order valence-electron chi connectivity index (χ4n) is 0. The Hall–Kier alpha value is 1.63. The van der Waals surface area contributed by atoms with Gasteiger partial charge in [0.15, 0.2) is 17.4 Å². The summed E-state index contributed by atoms with van der Waals surface area (Å²) in [6, 6.07) is 0. The second kappa shape index (κ2) is 8.82. The Bertz CT molecular complexity index is 6.00. The van der Waals surface area contributed by atoms with Crippen LogP contribution in [0, 0.1) is 0 Å². The molecule has 0 nitrogen and oxygen atoms in total. The topological polar surface area (TPSA) is 0 Å². The Morgan fingerprint density at radius 1 is 1.25 bits per heavy atom. The van der Waals surface area contributed by atoms with Gasteiger partial charge in [-0.05, 0) is 0 Å². The fraction of sp³-hybridized carbons (Fsp3) is 0. The average Bonchev–Trinajstić information content (AvgIpc) is 0.918. The molecule has 4 heteroatoms. The van der Waals surface area contributed by atoms with E-state index in [-0.39, 0.29) is 17.4 Å². The minimum atomic E-state index is 0. The first-order chi connectivity index (χ1) is 1.41. The maximum absolute atomic E-state index is 4.67. The van der Waals surface area contributed by atoms with E-state index in [9.17, 15) is 0 Å². The van der Waals surface area contributed by atoms with E-state index in [0.29, 0.717) is 0 Å². The van der Waals surface area contributed by atoms with Crippen LogP contribution in [0.5, 0.6) is 0 Å². The maximum atomic E-state index is 4.67. The zero-order chi connectivity index (χ0) is 2.71. The molecule has 0 aliphatic heterocycles. The van der Waals surface area contributed by atoms with Gasteiger partial charge in [0.25, 0.3) is 0 Å². The molecule has 4 heavy (non-hydrogen) atoms. The summed E-state index contributed by atoms with van der Waals surface area (Å²) in [4.78, 5) is 0. The second-order valence-corrected chi connectivity index (χ2v) is 1.60. The Morgan fingerprint density at radius 3 is 1.25 bits per heavy atom. The predicted octanol–water partition coefficient (Wildman–Crippen LogP) is 0.193. The van der Waals surface area contributed by atoms with Gasteiger partial charge in [0.1, 0.15) is 0 Å². The Labute approximate surface area is 50.6 Å². The van der Waals surface area contributed by atoms with Crippen molar-refractivity contribution in [2.24, 2.45) is 0 Å². The van der Waals surface area contributed by atoms with E-state index in [1.807, 2.05) is 0 Å². The first-order valence-electron chi connectivity index (χ1n) is 0.228. The zero-order valence-corrected chi connectivity index (χ0v) is 3.51. The van der Waals surface area contributed by atoms with Crippen molar-refractivity contribution in [1.29, 1.82) is 0 Å². The summed E-state index contributed by atoms with van der Waals surface area (Å²) in [5.41, 5.74) is 0. The van der Waals surface area contributed by atoms with E-state index in [0.717, 1.165) is 13.1 Å². The Balaban J connectivity index is 0. The van der Waals surface area contributed by atoms with E-state index in [1.165, 1.54) is 0 Å². The molecule has 0 heterocycles. The van der Waals surface area contributed by atoms with Gasteiger partial charge in [0, 0.05) is 0 Å².